The van der Waals surface area contributed by atoms with Gasteiger partial charge < -0.3 is 0 Å². The zero-order valence-corrected chi connectivity index (χ0v) is 11.2. The van der Waals surface area contributed by atoms with Crippen LogP contribution in [0.3, 0.4) is 0 Å². The molecule has 1 fully saturated rings. The van der Waals surface area contributed by atoms with Crippen LogP contribution in [0, 0.1) is 5.92 Å². The van der Waals surface area contributed by atoms with E-state index in [1.54, 1.807) is 11.3 Å². The van der Waals surface area contributed by atoms with Crippen LogP contribution in [0.2, 0.25) is 5.02 Å². The van der Waals surface area contributed by atoms with Crippen LogP contribution >= 0.6 is 22.9 Å². The Labute approximate surface area is 115 Å². The maximum atomic E-state index is 5.86. The van der Waals surface area contributed by atoms with Gasteiger partial charge in [0.1, 0.15) is 0 Å². The van der Waals surface area contributed by atoms with E-state index in [1.165, 1.54) is 12.8 Å². The number of hydrogen-bond acceptors (Lipinski definition) is 4. The van der Waals surface area contributed by atoms with Crippen molar-refractivity contribution < 1.29 is 0 Å². The molecule has 1 N–H and O–H groups in total. The van der Waals surface area contributed by atoms with Gasteiger partial charge >= 0.3 is 0 Å². The molecule has 0 unspecified atom stereocenters. The Morgan fingerprint density at radius 3 is 2.83 bits per heavy atom. The maximum absolute atomic E-state index is 5.86. The number of aromatic nitrogens is 1. The van der Waals surface area contributed by atoms with Crippen molar-refractivity contribution in [1.29, 1.82) is 0 Å². The fourth-order valence-corrected chi connectivity index (χ4v) is 2.32. The molecule has 0 bridgehead atoms. The molecule has 1 heterocycles. The first kappa shape index (κ1) is 11.7. The van der Waals surface area contributed by atoms with Gasteiger partial charge in [0.25, 0.3) is 0 Å². The van der Waals surface area contributed by atoms with E-state index in [0.717, 1.165) is 21.4 Å². The van der Waals surface area contributed by atoms with Crippen LogP contribution in [-0.2, 0) is 0 Å². The average molecular weight is 278 g/mol. The molecule has 3 rings (SSSR count). The summed E-state index contributed by atoms with van der Waals surface area (Å²) in [6.45, 7) is 0. The lowest BCUT2D eigenvalue weighted by Gasteiger charge is -1.96. The predicted octanol–water partition coefficient (Wildman–Crippen LogP) is 4.27. The summed E-state index contributed by atoms with van der Waals surface area (Å²) in [5, 5.41) is 7.74. The monoisotopic (exact) mass is 277 g/mol. The largest absolute Gasteiger partial charge is 0.253 e. The minimum Gasteiger partial charge on any atom is -0.253 e. The number of benzene rings is 1. The zero-order valence-electron chi connectivity index (χ0n) is 9.64. The number of hydrogen-bond donors (Lipinski definition) is 1. The second-order valence-electron chi connectivity index (χ2n) is 4.27. The molecule has 3 nitrogen and oxygen atoms in total. The summed E-state index contributed by atoms with van der Waals surface area (Å²) >= 11 is 7.41. The Kier molecular flexibility index (Phi) is 3.30. The molecule has 0 aliphatic heterocycles. The van der Waals surface area contributed by atoms with E-state index >= 15 is 0 Å². The van der Waals surface area contributed by atoms with Crippen molar-refractivity contribution in [2.75, 3.05) is 5.43 Å². The SMILES string of the molecule is Clc1ccc(-c2csc(N/N=C/C3CC3)n2)cc1. The van der Waals surface area contributed by atoms with E-state index in [-0.39, 0.29) is 0 Å². The number of rotatable bonds is 4. The van der Waals surface area contributed by atoms with Crippen molar-refractivity contribution in [1.82, 2.24) is 4.98 Å². The Bertz CT molecular complexity index is 558. The highest BCUT2D eigenvalue weighted by molar-refractivity contribution is 7.14. The highest BCUT2D eigenvalue weighted by atomic mass is 35.5. The van der Waals surface area contributed by atoms with Gasteiger partial charge in [-0.2, -0.15) is 5.10 Å². The van der Waals surface area contributed by atoms with E-state index in [9.17, 15) is 0 Å². The third-order valence-corrected chi connectivity index (χ3v) is 3.71. The van der Waals surface area contributed by atoms with Crippen molar-refractivity contribution in [3.63, 3.8) is 0 Å². The minimum absolute atomic E-state index is 0.674. The van der Waals surface area contributed by atoms with E-state index in [4.69, 9.17) is 11.6 Å². The van der Waals surface area contributed by atoms with Gasteiger partial charge in [-0.15, -0.1) is 11.3 Å². The first-order chi connectivity index (χ1) is 8.81. The fraction of sp³-hybridized carbons (Fsp3) is 0.231. The lowest BCUT2D eigenvalue weighted by atomic mass is 10.2. The van der Waals surface area contributed by atoms with E-state index in [2.05, 4.69) is 15.5 Å². The van der Waals surface area contributed by atoms with Crippen LogP contribution in [0.15, 0.2) is 34.7 Å². The molecule has 0 saturated heterocycles. The smallest absolute Gasteiger partial charge is 0.203 e. The third kappa shape index (κ3) is 2.89. The molecule has 0 amide bonds. The molecule has 1 saturated carbocycles. The molecule has 1 aromatic heterocycles. The first-order valence-corrected chi connectivity index (χ1v) is 7.08. The molecular weight excluding hydrogens is 266 g/mol. The summed E-state index contributed by atoms with van der Waals surface area (Å²) in [5.74, 6) is 0.674. The van der Waals surface area contributed by atoms with E-state index < -0.39 is 0 Å². The Hall–Kier alpha value is -1.39. The number of nitrogens with zero attached hydrogens (tertiary/aromatic N) is 2. The number of halogens is 1. The molecule has 0 atom stereocenters. The lowest BCUT2D eigenvalue weighted by Crippen LogP contribution is -1.89. The summed E-state index contributed by atoms with van der Waals surface area (Å²) < 4.78 is 0. The van der Waals surface area contributed by atoms with Crippen LogP contribution in [-0.4, -0.2) is 11.2 Å². The van der Waals surface area contributed by atoms with Crippen molar-refractivity contribution >= 4 is 34.3 Å². The predicted molar refractivity (Wildman–Crippen MR) is 77.4 cm³/mol. The molecule has 0 radical (unpaired) electrons. The van der Waals surface area contributed by atoms with Gasteiger partial charge in [0.2, 0.25) is 5.13 Å². The highest BCUT2D eigenvalue weighted by Gasteiger charge is 2.18. The second-order valence-corrected chi connectivity index (χ2v) is 5.57. The summed E-state index contributed by atoms with van der Waals surface area (Å²) in [5.41, 5.74) is 4.98. The standard InChI is InChI=1S/C13H12ClN3S/c14-11-5-3-10(4-6-11)12-8-18-13(16-12)17-15-7-9-1-2-9/h3-9H,1-2H2,(H,16,17)/b15-7+. The first-order valence-electron chi connectivity index (χ1n) is 5.82. The van der Waals surface area contributed by atoms with Crippen LogP contribution in [0.4, 0.5) is 5.13 Å². The molecule has 1 aromatic carbocycles. The summed E-state index contributed by atoms with van der Waals surface area (Å²) in [7, 11) is 0. The third-order valence-electron chi connectivity index (χ3n) is 2.71. The highest BCUT2D eigenvalue weighted by Crippen LogP contribution is 2.27. The Morgan fingerprint density at radius 2 is 2.11 bits per heavy atom. The molecule has 0 spiro atoms. The van der Waals surface area contributed by atoms with Gasteiger partial charge in [-0.05, 0) is 30.9 Å². The number of nitrogens with one attached hydrogen (secondary N) is 1. The van der Waals surface area contributed by atoms with Crippen LogP contribution < -0.4 is 5.43 Å². The maximum Gasteiger partial charge on any atom is 0.203 e. The lowest BCUT2D eigenvalue weighted by molar-refractivity contribution is 1.19. The van der Waals surface area contributed by atoms with Crippen LogP contribution in [0.5, 0.6) is 0 Å². The van der Waals surface area contributed by atoms with Crippen molar-refractivity contribution in [3.05, 3.63) is 34.7 Å². The Morgan fingerprint density at radius 1 is 1.33 bits per heavy atom. The van der Waals surface area contributed by atoms with Crippen LogP contribution in [0.25, 0.3) is 11.3 Å². The van der Waals surface area contributed by atoms with Crippen molar-refractivity contribution in [2.45, 2.75) is 12.8 Å². The number of anilines is 1. The van der Waals surface area contributed by atoms with Crippen molar-refractivity contribution in [2.24, 2.45) is 11.0 Å². The van der Waals surface area contributed by atoms with Gasteiger partial charge in [0.15, 0.2) is 0 Å². The summed E-state index contributed by atoms with van der Waals surface area (Å²) in [4.78, 5) is 4.48. The fourth-order valence-electron chi connectivity index (χ4n) is 1.52. The second kappa shape index (κ2) is 5.08. The molecule has 1 aliphatic rings. The quantitative estimate of drug-likeness (QED) is 0.669. The number of hydrazone groups is 1. The van der Waals surface area contributed by atoms with E-state index in [1.807, 2.05) is 35.9 Å². The minimum atomic E-state index is 0.674. The molecule has 1 aliphatic carbocycles. The van der Waals surface area contributed by atoms with Crippen molar-refractivity contribution in [3.8, 4) is 11.3 Å². The normalized spacial score (nSPS) is 15.2. The summed E-state index contributed by atoms with van der Waals surface area (Å²) in [6.07, 6.45) is 4.49. The van der Waals surface area contributed by atoms with Crippen LogP contribution in [0.1, 0.15) is 12.8 Å². The molecule has 18 heavy (non-hydrogen) atoms. The van der Waals surface area contributed by atoms with E-state index in [0.29, 0.717) is 5.92 Å². The zero-order chi connectivity index (χ0) is 12.4. The number of thiazole rings is 1. The van der Waals surface area contributed by atoms with Gasteiger partial charge in [-0.3, -0.25) is 5.43 Å². The summed E-state index contributed by atoms with van der Waals surface area (Å²) in [6, 6.07) is 7.67. The van der Waals surface area contributed by atoms with Gasteiger partial charge in [0, 0.05) is 22.2 Å². The Balaban J connectivity index is 1.70. The molecule has 5 heteroatoms. The van der Waals surface area contributed by atoms with Gasteiger partial charge in [-0.1, -0.05) is 23.7 Å². The average Bonchev–Trinajstić information content (AvgIpc) is 3.08. The molecule has 92 valence electrons. The molecule has 2 aromatic rings. The molecular formula is C13H12ClN3S. The van der Waals surface area contributed by atoms with Gasteiger partial charge in [0.05, 0.1) is 5.69 Å². The van der Waals surface area contributed by atoms with Gasteiger partial charge in [-0.25, -0.2) is 4.98 Å². The topological polar surface area (TPSA) is 37.3 Å².